The Bertz CT molecular complexity index is 735. The Labute approximate surface area is 135 Å². The first kappa shape index (κ1) is 16.3. The number of alkyl halides is 3. The smallest absolute Gasteiger partial charge is 0.355 e. The molecular weight excluding hydrogens is 323 g/mol. The Morgan fingerprint density at radius 1 is 1.38 bits per heavy atom. The third kappa shape index (κ3) is 2.94. The van der Waals surface area contributed by atoms with Crippen molar-refractivity contribution in [2.45, 2.75) is 30.5 Å². The molecule has 1 saturated heterocycles. The summed E-state index contributed by atoms with van der Waals surface area (Å²) >= 11 is 0. The topological polar surface area (TPSA) is 82.0 Å². The Kier molecular flexibility index (Phi) is 3.74. The van der Waals surface area contributed by atoms with Gasteiger partial charge in [-0.3, -0.25) is 9.59 Å². The molecule has 1 aliphatic carbocycles. The molecule has 24 heavy (non-hydrogen) atoms. The molecule has 2 atom stereocenters. The molecule has 2 aliphatic rings. The van der Waals surface area contributed by atoms with Gasteiger partial charge in [0.1, 0.15) is 11.5 Å². The summed E-state index contributed by atoms with van der Waals surface area (Å²) in [5.41, 5.74) is -1.49. The van der Waals surface area contributed by atoms with Gasteiger partial charge in [0, 0.05) is 12.5 Å². The van der Waals surface area contributed by atoms with Gasteiger partial charge in [0.05, 0.1) is 11.6 Å². The number of hydrogen-bond donors (Lipinski definition) is 2. The summed E-state index contributed by atoms with van der Waals surface area (Å²) in [6, 6.07) is 6.62. The van der Waals surface area contributed by atoms with E-state index in [1.807, 2.05) is 6.07 Å². The predicted molar refractivity (Wildman–Crippen MR) is 76.4 cm³/mol. The number of nitrogens with zero attached hydrogens (tertiary/aromatic N) is 1. The fourth-order valence-electron chi connectivity index (χ4n) is 2.88. The first-order valence-corrected chi connectivity index (χ1v) is 7.44. The van der Waals surface area contributed by atoms with E-state index in [0.29, 0.717) is 12.8 Å². The van der Waals surface area contributed by atoms with Gasteiger partial charge in [0.15, 0.2) is 0 Å². The molecular formula is C16H14F3N3O2. The number of carbonyl (C=O) groups is 2. The Hall–Kier alpha value is -2.56. The second-order valence-electron chi connectivity index (χ2n) is 6.14. The highest BCUT2D eigenvalue weighted by Gasteiger charge is 2.49. The maximum Gasteiger partial charge on any atom is 0.416 e. The number of carbonyl (C=O) groups excluding carboxylic acids is 2. The van der Waals surface area contributed by atoms with Crippen molar-refractivity contribution in [2.75, 3.05) is 6.54 Å². The molecule has 0 bridgehead atoms. The summed E-state index contributed by atoms with van der Waals surface area (Å²) in [6.45, 7) is 0.0811. The van der Waals surface area contributed by atoms with Crippen LogP contribution in [-0.2, 0) is 15.8 Å². The average molecular weight is 337 g/mol. The van der Waals surface area contributed by atoms with Crippen LogP contribution in [-0.4, -0.2) is 23.9 Å². The molecule has 1 aromatic rings. The molecule has 1 heterocycles. The van der Waals surface area contributed by atoms with Crippen molar-refractivity contribution >= 4 is 11.8 Å². The Balaban J connectivity index is 1.86. The lowest BCUT2D eigenvalue weighted by Crippen LogP contribution is -2.43. The highest BCUT2D eigenvalue weighted by molar-refractivity contribution is 6.03. The average Bonchev–Trinajstić information content (AvgIpc) is 3.19. The number of nitriles is 1. The van der Waals surface area contributed by atoms with Crippen LogP contribution in [0.3, 0.4) is 0 Å². The minimum Gasteiger partial charge on any atom is -0.355 e. The zero-order valence-electron chi connectivity index (χ0n) is 12.5. The molecule has 126 valence electrons. The van der Waals surface area contributed by atoms with Crippen molar-refractivity contribution in [1.82, 2.24) is 10.6 Å². The van der Waals surface area contributed by atoms with E-state index < -0.39 is 40.9 Å². The van der Waals surface area contributed by atoms with Crippen LogP contribution in [0.5, 0.6) is 0 Å². The van der Waals surface area contributed by atoms with E-state index in [2.05, 4.69) is 10.6 Å². The molecule has 8 heteroatoms. The van der Waals surface area contributed by atoms with E-state index in [9.17, 15) is 22.8 Å². The van der Waals surface area contributed by atoms with Gasteiger partial charge in [0.25, 0.3) is 0 Å². The Morgan fingerprint density at radius 2 is 2.08 bits per heavy atom. The van der Waals surface area contributed by atoms with Crippen LogP contribution in [0.1, 0.15) is 29.9 Å². The van der Waals surface area contributed by atoms with Crippen LogP contribution in [0, 0.1) is 17.2 Å². The molecule has 2 N–H and O–H groups in total. The van der Waals surface area contributed by atoms with E-state index in [1.165, 1.54) is 12.1 Å². The van der Waals surface area contributed by atoms with Crippen LogP contribution in [0.15, 0.2) is 24.3 Å². The number of halogens is 3. The van der Waals surface area contributed by atoms with Crippen LogP contribution < -0.4 is 10.6 Å². The van der Waals surface area contributed by atoms with Gasteiger partial charge in [-0.25, -0.2) is 0 Å². The summed E-state index contributed by atoms with van der Waals surface area (Å²) in [7, 11) is 0. The van der Waals surface area contributed by atoms with Crippen molar-refractivity contribution in [3.05, 3.63) is 35.4 Å². The third-order valence-electron chi connectivity index (χ3n) is 4.43. The Morgan fingerprint density at radius 3 is 2.67 bits per heavy atom. The SMILES string of the molecule is N#CC1(NC(=O)C2C(=O)NCC2c2cccc(C(F)(F)F)c2)CC1. The fraction of sp³-hybridized carbons (Fsp3) is 0.438. The maximum absolute atomic E-state index is 12.9. The van der Waals surface area contributed by atoms with Gasteiger partial charge >= 0.3 is 6.18 Å². The standard InChI is InChI=1S/C16H14F3N3O2/c17-16(18,19)10-3-1-2-9(6-10)11-7-21-13(23)12(11)14(24)22-15(8-20)4-5-15/h1-3,6,11-12H,4-5,7H2,(H,21,23)(H,22,24). The molecule has 0 aromatic heterocycles. The van der Waals surface area contributed by atoms with Gasteiger partial charge in [-0.15, -0.1) is 0 Å². The molecule has 2 unspecified atom stereocenters. The maximum atomic E-state index is 12.9. The van der Waals surface area contributed by atoms with Crippen LogP contribution in [0.4, 0.5) is 13.2 Å². The summed E-state index contributed by atoms with van der Waals surface area (Å²) in [5.74, 6) is -3.00. The summed E-state index contributed by atoms with van der Waals surface area (Å²) in [4.78, 5) is 24.4. The summed E-state index contributed by atoms with van der Waals surface area (Å²) in [6.07, 6.45) is -3.47. The van der Waals surface area contributed by atoms with E-state index >= 15 is 0 Å². The van der Waals surface area contributed by atoms with Crippen molar-refractivity contribution in [3.63, 3.8) is 0 Å². The van der Waals surface area contributed by atoms with Gasteiger partial charge in [0.2, 0.25) is 11.8 Å². The predicted octanol–water partition coefficient (Wildman–Crippen LogP) is 1.71. The molecule has 2 amide bonds. The van der Waals surface area contributed by atoms with Crippen molar-refractivity contribution < 1.29 is 22.8 Å². The molecule has 2 fully saturated rings. The number of nitrogens with one attached hydrogen (secondary N) is 2. The largest absolute Gasteiger partial charge is 0.416 e. The lowest BCUT2D eigenvalue weighted by Gasteiger charge is -2.19. The monoisotopic (exact) mass is 337 g/mol. The minimum absolute atomic E-state index is 0.0811. The molecule has 0 radical (unpaired) electrons. The van der Waals surface area contributed by atoms with Gasteiger partial charge < -0.3 is 10.6 Å². The normalized spacial score (nSPS) is 24.8. The summed E-state index contributed by atoms with van der Waals surface area (Å²) < 4.78 is 38.6. The van der Waals surface area contributed by atoms with E-state index in [0.717, 1.165) is 12.1 Å². The quantitative estimate of drug-likeness (QED) is 0.824. The van der Waals surface area contributed by atoms with Crippen molar-refractivity contribution in [2.24, 2.45) is 5.92 Å². The fourth-order valence-corrected chi connectivity index (χ4v) is 2.88. The van der Waals surface area contributed by atoms with Crippen LogP contribution in [0.2, 0.25) is 0 Å². The van der Waals surface area contributed by atoms with Crippen molar-refractivity contribution in [1.29, 1.82) is 5.26 Å². The molecule has 1 aliphatic heterocycles. The molecule has 5 nitrogen and oxygen atoms in total. The zero-order valence-corrected chi connectivity index (χ0v) is 12.5. The van der Waals surface area contributed by atoms with Gasteiger partial charge in [-0.2, -0.15) is 18.4 Å². The van der Waals surface area contributed by atoms with E-state index in [1.54, 1.807) is 0 Å². The number of benzene rings is 1. The minimum atomic E-state index is -4.50. The van der Waals surface area contributed by atoms with Gasteiger partial charge in [-0.1, -0.05) is 18.2 Å². The van der Waals surface area contributed by atoms with E-state index in [-0.39, 0.29) is 12.1 Å². The number of hydrogen-bond acceptors (Lipinski definition) is 3. The second-order valence-corrected chi connectivity index (χ2v) is 6.14. The lowest BCUT2D eigenvalue weighted by atomic mass is 9.87. The van der Waals surface area contributed by atoms with Gasteiger partial charge in [-0.05, 0) is 24.5 Å². The van der Waals surface area contributed by atoms with E-state index in [4.69, 9.17) is 5.26 Å². The first-order chi connectivity index (χ1) is 11.3. The highest BCUT2D eigenvalue weighted by Crippen LogP contribution is 2.37. The lowest BCUT2D eigenvalue weighted by molar-refractivity contribution is -0.137. The molecule has 0 spiro atoms. The van der Waals surface area contributed by atoms with Crippen LogP contribution >= 0.6 is 0 Å². The molecule has 1 aromatic carbocycles. The number of rotatable bonds is 3. The third-order valence-corrected chi connectivity index (χ3v) is 4.43. The number of amides is 2. The van der Waals surface area contributed by atoms with Crippen LogP contribution in [0.25, 0.3) is 0 Å². The molecule has 3 rings (SSSR count). The summed E-state index contributed by atoms with van der Waals surface area (Å²) in [5, 5.41) is 14.1. The molecule has 1 saturated carbocycles. The highest BCUT2D eigenvalue weighted by atomic mass is 19.4. The van der Waals surface area contributed by atoms with Crippen molar-refractivity contribution in [3.8, 4) is 6.07 Å². The second kappa shape index (κ2) is 5.51. The first-order valence-electron chi connectivity index (χ1n) is 7.44. The zero-order chi connectivity index (χ0) is 17.5.